The Morgan fingerprint density at radius 2 is 1.50 bits per heavy atom. The number of hydrogen-bond donors (Lipinski definition) is 1. The standard InChI is InChI=1S/C18H37NO/c1-3-4-5-6-7-8-9-10-11-12-15-19-17-18(2)14-13-16-20-18/h19H,3-17H2,1-2H3. The molecule has 0 radical (unpaired) electrons. The molecule has 1 atom stereocenters. The van der Waals surface area contributed by atoms with Gasteiger partial charge >= 0.3 is 0 Å². The third-order valence-electron chi connectivity index (χ3n) is 4.51. The molecule has 20 heavy (non-hydrogen) atoms. The minimum absolute atomic E-state index is 0.124. The predicted octanol–water partition coefficient (Wildman–Crippen LogP) is 5.07. The van der Waals surface area contributed by atoms with Crippen molar-refractivity contribution in [1.82, 2.24) is 5.32 Å². The van der Waals surface area contributed by atoms with Crippen molar-refractivity contribution < 1.29 is 4.74 Å². The highest BCUT2D eigenvalue weighted by atomic mass is 16.5. The van der Waals surface area contributed by atoms with E-state index in [0.29, 0.717) is 0 Å². The van der Waals surface area contributed by atoms with E-state index in [2.05, 4.69) is 19.2 Å². The summed E-state index contributed by atoms with van der Waals surface area (Å²) in [5.74, 6) is 0. The van der Waals surface area contributed by atoms with Crippen LogP contribution in [0.25, 0.3) is 0 Å². The first-order valence-electron chi connectivity index (χ1n) is 9.11. The van der Waals surface area contributed by atoms with Gasteiger partial charge in [0.2, 0.25) is 0 Å². The normalized spacial score (nSPS) is 22.5. The SMILES string of the molecule is CCCCCCCCCCCCNCC1(C)CCCO1. The van der Waals surface area contributed by atoms with Gasteiger partial charge in [-0.15, -0.1) is 0 Å². The van der Waals surface area contributed by atoms with Crippen LogP contribution in [0.15, 0.2) is 0 Å². The molecule has 1 unspecified atom stereocenters. The Morgan fingerprint density at radius 3 is 2.05 bits per heavy atom. The lowest BCUT2D eigenvalue weighted by Crippen LogP contribution is -2.37. The second-order valence-corrected chi connectivity index (χ2v) is 6.76. The average molecular weight is 284 g/mol. The Morgan fingerprint density at radius 1 is 0.900 bits per heavy atom. The average Bonchev–Trinajstić information content (AvgIpc) is 2.87. The highest BCUT2D eigenvalue weighted by Crippen LogP contribution is 2.23. The van der Waals surface area contributed by atoms with E-state index in [1.54, 1.807) is 0 Å². The summed E-state index contributed by atoms with van der Waals surface area (Å²) >= 11 is 0. The Balaban J connectivity index is 1.74. The Bertz CT molecular complexity index is 211. The first-order valence-corrected chi connectivity index (χ1v) is 9.11. The largest absolute Gasteiger partial charge is 0.374 e. The van der Waals surface area contributed by atoms with Crippen molar-refractivity contribution in [3.8, 4) is 0 Å². The second-order valence-electron chi connectivity index (χ2n) is 6.76. The molecule has 1 aliphatic rings. The molecule has 1 N–H and O–H groups in total. The molecule has 0 aromatic carbocycles. The molecule has 2 nitrogen and oxygen atoms in total. The van der Waals surface area contributed by atoms with E-state index in [1.165, 1.54) is 77.0 Å². The molecule has 120 valence electrons. The quantitative estimate of drug-likeness (QED) is 0.477. The minimum atomic E-state index is 0.124. The van der Waals surface area contributed by atoms with Gasteiger partial charge in [0.25, 0.3) is 0 Å². The van der Waals surface area contributed by atoms with E-state index in [9.17, 15) is 0 Å². The van der Waals surface area contributed by atoms with Crippen molar-refractivity contribution in [2.24, 2.45) is 0 Å². The third-order valence-corrected chi connectivity index (χ3v) is 4.51. The van der Waals surface area contributed by atoms with Gasteiger partial charge in [0.15, 0.2) is 0 Å². The summed E-state index contributed by atoms with van der Waals surface area (Å²) in [6.07, 6.45) is 16.6. The van der Waals surface area contributed by atoms with Crippen LogP contribution in [0.3, 0.4) is 0 Å². The molecule has 0 amide bonds. The summed E-state index contributed by atoms with van der Waals surface area (Å²) in [6, 6.07) is 0. The molecule has 1 aliphatic heterocycles. The zero-order valence-electron chi connectivity index (χ0n) is 14.0. The summed E-state index contributed by atoms with van der Waals surface area (Å²) < 4.78 is 5.78. The summed E-state index contributed by atoms with van der Waals surface area (Å²) in [7, 11) is 0. The molecule has 0 aromatic heterocycles. The van der Waals surface area contributed by atoms with Gasteiger partial charge in [-0.3, -0.25) is 0 Å². The number of nitrogens with one attached hydrogen (secondary N) is 1. The second kappa shape index (κ2) is 11.6. The van der Waals surface area contributed by atoms with Crippen molar-refractivity contribution in [3.63, 3.8) is 0 Å². The van der Waals surface area contributed by atoms with Crippen molar-refractivity contribution in [2.75, 3.05) is 19.7 Å². The van der Waals surface area contributed by atoms with Crippen LogP contribution >= 0.6 is 0 Å². The first kappa shape index (κ1) is 18.0. The van der Waals surface area contributed by atoms with E-state index in [0.717, 1.165) is 19.7 Å². The van der Waals surface area contributed by atoms with Gasteiger partial charge in [-0.05, 0) is 32.7 Å². The maximum Gasteiger partial charge on any atom is 0.0779 e. The van der Waals surface area contributed by atoms with Gasteiger partial charge in [0, 0.05) is 13.2 Å². The van der Waals surface area contributed by atoms with Gasteiger partial charge in [0.05, 0.1) is 5.60 Å². The molecule has 1 heterocycles. The summed E-state index contributed by atoms with van der Waals surface area (Å²) in [4.78, 5) is 0. The van der Waals surface area contributed by atoms with Gasteiger partial charge < -0.3 is 10.1 Å². The molecular formula is C18H37NO. The fourth-order valence-electron chi connectivity index (χ4n) is 3.07. The summed E-state index contributed by atoms with van der Waals surface area (Å²) in [6.45, 7) is 7.68. The summed E-state index contributed by atoms with van der Waals surface area (Å²) in [5.41, 5.74) is 0.124. The topological polar surface area (TPSA) is 21.3 Å². The fourth-order valence-corrected chi connectivity index (χ4v) is 3.07. The van der Waals surface area contributed by atoms with Crippen LogP contribution in [0.1, 0.15) is 90.9 Å². The van der Waals surface area contributed by atoms with Gasteiger partial charge in [-0.25, -0.2) is 0 Å². The maximum absolute atomic E-state index is 5.78. The Labute approximate surface area is 127 Å². The van der Waals surface area contributed by atoms with E-state index >= 15 is 0 Å². The molecule has 1 rings (SSSR count). The fraction of sp³-hybridized carbons (Fsp3) is 1.00. The number of ether oxygens (including phenoxy) is 1. The molecule has 0 saturated carbocycles. The monoisotopic (exact) mass is 283 g/mol. The number of hydrogen-bond acceptors (Lipinski definition) is 2. The zero-order chi connectivity index (χ0) is 14.5. The van der Waals surface area contributed by atoms with Crippen LogP contribution in [-0.2, 0) is 4.74 Å². The van der Waals surface area contributed by atoms with E-state index < -0.39 is 0 Å². The van der Waals surface area contributed by atoms with Crippen molar-refractivity contribution in [3.05, 3.63) is 0 Å². The lowest BCUT2D eigenvalue weighted by Gasteiger charge is -2.23. The maximum atomic E-state index is 5.78. The molecule has 0 spiro atoms. The van der Waals surface area contributed by atoms with Crippen LogP contribution in [0.5, 0.6) is 0 Å². The zero-order valence-corrected chi connectivity index (χ0v) is 14.0. The van der Waals surface area contributed by atoms with E-state index in [1.807, 2.05) is 0 Å². The van der Waals surface area contributed by atoms with Crippen LogP contribution in [-0.4, -0.2) is 25.3 Å². The van der Waals surface area contributed by atoms with Gasteiger partial charge in [0.1, 0.15) is 0 Å². The summed E-state index contributed by atoms with van der Waals surface area (Å²) in [5, 5.41) is 3.57. The molecule has 0 aliphatic carbocycles. The molecule has 0 bridgehead atoms. The highest BCUT2D eigenvalue weighted by Gasteiger charge is 2.28. The third kappa shape index (κ3) is 8.97. The predicted molar refractivity (Wildman–Crippen MR) is 88.3 cm³/mol. The number of rotatable bonds is 13. The van der Waals surface area contributed by atoms with E-state index in [4.69, 9.17) is 4.74 Å². The molecule has 1 saturated heterocycles. The van der Waals surface area contributed by atoms with Crippen molar-refractivity contribution >= 4 is 0 Å². The molecular weight excluding hydrogens is 246 g/mol. The van der Waals surface area contributed by atoms with Gasteiger partial charge in [-0.1, -0.05) is 64.7 Å². The van der Waals surface area contributed by atoms with E-state index in [-0.39, 0.29) is 5.60 Å². The lowest BCUT2D eigenvalue weighted by molar-refractivity contribution is 0.0210. The first-order chi connectivity index (χ1) is 9.77. The van der Waals surface area contributed by atoms with Gasteiger partial charge in [-0.2, -0.15) is 0 Å². The van der Waals surface area contributed by atoms with Crippen LogP contribution in [0.4, 0.5) is 0 Å². The molecule has 0 aromatic rings. The molecule has 2 heteroatoms. The van der Waals surface area contributed by atoms with Crippen molar-refractivity contribution in [1.29, 1.82) is 0 Å². The highest BCUT2D eigenvalue weighted by molar-refractivity contribution is 4.82. The lowest BCUT2D eigenvalue weighted by atomic mass is 10.0. The van der Waals surface area contributed by atoms with Crippen molar-refractivity contribution in [2.45, 2.75) is 96.5 Å². The smallest absolute Gasteiger partial charge is 0.0779 e. The van der Waals surface area contributed by atoms with Crippen LogP contribution in [0.2, 0.25) is 0 Å². The minimum Gasteiger partial charge on any atom is -0.374 e. The Kier molecular flexibility index (Phi) is 10.4. The Hall–Kier alpha value is -0.0800. The van der Waals surface area contributed by atoms with Crippen LogP contribution in [0, 0.1) is 0 Å². The van der Waals surface area contributed by atoms with Crippen LogP contribution < -0.4 is 5.32 Å². The number of unbranched alkanes of at least 4 members (excludes halogenated alkanes) is 9. The molecule has 1 fully saturated rings.